The van der Waals surface area contributed by atoms with E-state index < -0.39 is 0 Å². The van der Waals surface area contributed by atoms with Gasteiger partial charge >= 0.3 is 6.01 Å². The van der Waals surface area contributed by atoms with Crippen LogP contribution in [-0.4, -0.2) is 39.7 Å². The number of ether oxygens (including phenoxy) is 1. The summed E-state index contributed by atoms with van der Waals surface area (Å²) in [6.07, 6.45) is 4.79. The first-order valence-corrected chi connectivity index (χ1v) is 7.23. The summed E-state index contributed by atoms with van der Waals surface area (Å²) in [5.41, 5.74) is 3.53. The summed E-state index contributed by atoms with van der Waals surface area (Å²) >= 11 is 0. The highest BCUT2D eigenvalue weighted by Gasteiger charge is 2.24. The number of anilines is 1. The molecule has 2 aromatic rings. The molecule has 4 heterocycles. The lowest BCUT2D eigenvalue weighted by atomic mass is 10.1. The topological polar surface area (TPSA) is 68.1 Å². The van der Waals surface area contributed by atoms with E-state index >= 15 is 0 Å². The van der Waals surface area contributed by atoms with Gasteiger partial charge in [0, 0.05) is 31.4 Å². The van der Waals surface area contributed by atoms with Crippen LogP contribution in [0.15, 0.2) is 12.5 Å². The lowest BCUT2D eigenvalue weighted by Crippen LogP contribution is -2.36. The number of aromatic nitrogens is 4. The van der Waals surface area contributed by atoms with Crippen LogP contribution in [0.4, 0.5) is 5.82 Å². The molecule has 7 nitrogen and oxygen atoms in total. The summed E-state index contributed by atoms with van der Waals surface area (Å²) in [7, 11) is 1.62. The molecule has 7 heteroatoms. The molecule has 0 bridgehead atoms. The summed E-state index contributed by atoms with van der Waals surface area (Å²) in [4.78, 5) is 15.6. The lowest BCUT2D eigenvalue weighted by molar-refractivity contribution is 0.375. The van der Waals surface area contributed by atoms with E-state index in [2.05, 4.69) is 29.7 Å². The molecule has 0 radical (unpaired) electrons. The van der Waals surface area contributed by atoms with Crippen molar-refractivity contribution >= 4 is 5.82 Å². The Morgan fingerprint density at radius 3 is 3.14 bits per heavy atom. The predicted octanol–water partition coefficient (Wildman–Crippen LogP) is 0.348. The van der Waals surface area contributed by atoms with Crippen LogP contribution in [0.3, 0.4) is 0 Å². The van der Waals surface area contributed by atoms with Crippen LogP contribution in [0.25, 0.3) is 0 Å². The van der Waals surface area contributed by atoms with Crippen molar-refractivity contribution in [3.8, 4) is 6.01 Å². The molecule has 0 fully saturated rings. The molecule has 0 saturated heterocycles. The molecule has 2 aromatic heterocycles. The summed E-state index contributed by atoms with van der Waals surface area (Å²) in [5, 5.41) is 3.36. The third-order valence-electron chi connectivity index (χ3n) is 4.14. The molecule has 4 rings (SSSR count). The largest absolute Gasteiger partial charge is 0.467 e. The number of nitrogens with zero attached hydrogens (tertiary/aromatic N) is 5. The minimum absolute atomic E-state index is 0.450. The molecule has 0 saturated carbocycles. The Kier molecular flexibility index (Phi) is 2.99. The summed E-state index contributed by atoms with van der Waals surface area (Å²) < 4.78 is 7.47. The van der Waals surface area contributed by atoms with Crippen LogP contribution in [0.5, 0.6) is 6.01 Å². The molecule has 21 heavy (non-hydrogen) atoms. The molecule has 0 spiro atoms. The predicted molar refractivity (Wildman–Crippen MR) is 77.3 cm³/mol. The number of rotatable bonds is 2. The van der Waals surface area contributed by atoms with Gasteiger partial charge in [-0.1, -0.05) is 0 Å². The van der Waals surface area contributed by atoms with Gasteiger partial charge < -0.3 is 19.5 Å². The first-order chi connectivity index (χ1) is 10.3. The first kappa shape index (κ1) is 12.6. The molecule has 2 aliphatic rings. The Bertz CT molecular complexity index is 667. The number of imidazole rings is 1. The van der Waals surface area contributed by atoms with E-state index in [0.29, 0.717) is 6.01 Å². The van der Waals surface area contributed by atoms with Crippen LogP contribution in [0.1, 0.15) is 17.0 Å². The number of hydrogen-bond acceptors (Lipinski definition) is 6. The van der Waals surface area contributed by atoms with E-state index in [9.17, 15) is 0 Å². The molecule has 2 aliphatic heterocycles. The molecule has 0 aliphatic carbocycles. The molecule has 0 atom stereocenters. The Morgan fingerprint density at radius 1 is 1.29 bits per heavy atom. The lowest BCUT2D eigenvalue weighted by Gasteiger charge is -2.32. The van der Waals surface area contributed by atoms with E-state index in [1.54, 1.807) is 7.11 Å². The Labute approximate surface area is 123 Å². The van der Waals surface area contributed by atoms with E-state index in [4.69, 9.17) is 4.74 Å². The molecule has 0 aromatic carbocycles. The number of hydrogen-bond donors (Lipinski definition) is 1. The number of nitrogens with one attached hydrogen (secondary N) is 1. The minimum atomic E-state index is 0.450. The maximum absolute atomic E-state index is 5.27. The quantitative estimate of drug-likeness (QED) is 0.859. The highest BCUT2D eigenvalue weighted by Crippen LogP contribution is 2.28. The smallest absolute Gasteiger partial charge is 0.318 e. The van der Waals surface area contributed by atoms with Crippen LogP contribution in [-0.2, 0) is 26.1 Å². The van der Waals surface area contributed by atoms with E-state index in [1.807, 2.05) is 12.5 Å². The second-order valence-corrected chi connectivity index (χ2v) is 5.39. The zero-order valence-electron chi connectivity index (χ0n) is 12.0. The summed E-state index contributed by atoms with van der Waals surface area (Å²) in [6, 6.07) is 0.450. The van der Waals surface area contributed by atoms with Crippen LogP contribution < -0.4 is 15.0 Å². The van der Waals surface area contributed by atoms with Crippen molar-refractivity contribution in [1.29, 1.82) is 0 Å². The van der Waals surface area contributed by atoms with Gasteiger partial charge in [0.1, 0.15) is 5.82 Å². The van der Waals surface area contributed by atoms with Crippen molar-refractivity contribution in [2.45, 2.75) is 26.1 Å². The van der Waals surface area contributed by atoms with Gasteiger partial charge in [-0.2, -0.15) is 9.97 Å². The van der Waals surface area contributed by atoms with Crippen molar-refractivity contribution in [2.24, 2.45) is 0 Å². The monoisotopic (exact) mass is 286 g/mol. The van der Waals surface area contributed by atoms with Gasteiger partial charge in [0.15, 0.2) is 0 Å². The van der Waals surface area contributed by atoms with Crippen molar-refractivity contribution < 1.29 is 4.74 Å². The first-order valence-electron chi connectivity index (χ1n) is 7.23. The molecular formula is C14H18N6O. The normalized spacial score (nSPS) is 17.3. The molecule has 0 unspecified atom stereocenters. The molecule has 110 valence electrons. The van der Waals surface area contributed by atoms with Gasteiger partial charge in [0.2, 0.25) is 0 Å². The van der Waals surface area contributed by atoms with Gasteiger partial charge in [-0.25, -0.2) is 4.98 Å². The van der Waals surface area contributed by atoms with Gasteiger partial charge in [0.25, 0.3) is 0 Å². The van der Waals surface area contributed by atoms with Crippen molar-refractivity contribution in [3.63, 3.8) is 0 Å². The Morgan fingerprint density at radius 2 is 2.24 bits per heavy atom. The summed E-state index contributed by atoms with van der Waals surface area (Å²) in [5.74, 6) is 1.02. The number of methoxy groups -OCH3 is 1. The van der Waals surface area contributed by atoms with Gasteiger partial charge in [0.05, 0.1) is 31.4 Å². The second kappa shape index (κ2) is 5.00. The van der Waals surface area contributed by atoms with Gasteiger partial charge in [-0.05, 0) is 13.0 Å². The Balaban J connectivity index is 1.74. The average Bonchev–Trinajstić information content (AvgIpc) is 3.01. The SMILES string of the molecule is COc1nc2c(c(N3CCn4cncc4C3)n1)CCNC2. The second-order valence-electron chi connectivity index (χ2n) is 5.39. The zero-order chi connectivity index (χ0) is 14.2. The van der Waals surface area contributed by atoms with Gasteiger partial charge in [-0.15, -0.1) is 0 Å². The fourth-order valence-electron chi connectivity index (χ4n) is 3.04. The average molecular weight is 286 g/mol. The van der Waals surface area contributed by atoms with Crippen molar-refractivity contribution in [3.05, 3.63) is 29.5 Å². The minimum Gasteiger partial charge on any atom is -0.467 e. The van der Waals surface area contributed by atoms with Crippen molar-refractivity contribution in [1.82, 2.24) is 24.8 Å². The van der Waals surface area contributed by atoms with Crippen LogP contribution in [0.2, 0.25) is 0 Å². The van der Waals surface area contributed by atoms with E-state index in [1.165, 1.54) is 11.3 Å². The van der Waals surface area contributed by atoms with Crippen LogP contribution in [0, 0.1) is 0 Å². The van der Waals surface area contributed by atoms with E-state index in [-0.39, 0.29) is 0 Å². The fourth-order valence-corrected chi connectivity index (χ4v) is 3.04. The highest BCUT2D eigenvalue weighted by molar-refractivity contribution is 5.51. The van der Waals surface area contributed by atoms with E-state index in [0.717, 1.165) is 50.7 Å². The van der Waals surface area contributed by atoms with Crippen LogP contribution >= 0.6 is 0 Å². The fraction of sp³-hybridized carbons (Fsp3) is 0.500. The standard InChI is InChI=1S/C14H18N6O/c1-21-14-17-12-7-15-3-2-11(12)13(18-14)19-4-5-20-9-16-6-10(20)8-19/h6,9,15H,2-5,7-8H2,1H3. The molecule has 1 N–H and O–H groups in total. The molecular weight excluding hydrogens is 268 g/mol. The third kappa shape index (κ3) is 2.13. The Hall–Kier alpha value is -2.15. The van der Waals surface area contributed by atoms with Crippen molar-refractivity contribution in [2.75, 3.05) is 25.1 Å². The highest BCUT2D eigenvalue weighted by atomic mass is 16.5. The maximum atomic E-state index is 5.27. The zero-order valence-corrected chi connectivity index (χ0v) is 12.0. The summed E-state index contributed by atoms with van der Waals surface area (Å²) in [6.45, 7) is 4.46. The number of fused-ring (bicyclic) bond motifs is 2. The van der Waals surface area contributed by atoms with Gasteiger partial charge in [-0.3, -0.25) is 0 Å². The maximum Gasteiger partial charge on any atom is 0.318 e. The third-order valence-corrected chi connectivity index (χ3v) is 4.14. The molecule has 0 amide bonds.